The minimum Gasteiger partial charge on any atom is -0.324 e. The number of hydrogen-bond donors (Lipinski definition) is 3. The van der Waals surface area contributed by atoms with Gasteiger partial charge in [-0.05, 0) is 62.4 Å². The van der Waals surface area contributed by atoms with Gasteiger partial charge in [0.15, 0.2) is 0 Å². The molecule has 2 unspecified atom stereocenters. The van der Waals surface area contributed by atoms with Gasteiger partial charge in [-0.25, -0.2) is 0 Å². The van der Waals surface area contributed by atoms with Crippen LogP contribution in [0.2, 0.25) is 0 Å². The van der Waals surface area contributed by atoms with E-state index in [0.717, 1.165) is 36.9 Å². The number of piperidine rings is 1. The maximum Gasteiger partial charge on any atom is 0.255 e. The predicted molar refractivity (Wildman–Crippen MR) is 109 cm³/mol. The number of para-hydroxylation sites is 1. The van der Waals surface area contributed by atoms with Crippen LogP contribution in [0, 0.1) is 6.92 Å². The summed E-state index contributed by atoms with van der Waals surface area (Å²) in [6.07, 6.45) is 4.05. The lowest BCUT2D eigenvalue weighted by molar-refractivity contribution is -0.119. The maximum atomic E-state index is 12.7. The number of aryl methyl sites for hydroxylation is 1. The molecule has 2 aromatic carbocycles. The highest BCUT2D eigenvalue weighted by atomic mass is 16.2. The summed E-state index contributed by atoms with van der Waals surface area (Å²) in [5.74, 6) is -0.226. The number of carbonyl (C=O) groups excluding carboxylic acids is 2. The highest BCUT2D eigenvalue weighted by molar-refractivity contribution is 6.05. The van der Waals surface area contributed by atoms with E-state index in [4.69, 9.17) is 0 Å². The van der Waals surface area contributed by atoms with Crippen LogP contribution in [-0.4, -0.2) is 23.9 Å². The van der Waals surface area contributed by atoms with Gasteiger partial charge in [-0.1, -0.05) is 31.2 Å². The molecule has 1 aliphatic heterocycles. The molecule has 2 atom stereocenters. The van der Waals surface area contributed by atoms with Crippen molar-refractivity contribution < 1.29 is 9.59 Å². The first-order valence-electron chi connectivity index (χ1n) is 9.60. The van der Waals surface area contributed by atoms with Crippen molar-refractivity contribution >= 4 is 23.2 Å². The van der Waals surface area contributed by atoms with E-state index in [2.05, 4.69) is 22.9 Å². The van der Waals surface area contributed by atoms with E-state index >= 15 is 0 Å². The zero-order chi connectivity index (χ0) is 19.2. The normalized spacial score (nSPS) is 19.3. The fraction of sp³-hybridized carbons (Fsp3) is 0.364. The number of nitrogens with one attached hydrogen (secondary N) is 3. The second kappa shape index (κ2) is 8.82. The molecule has 3 N–H and O–H groups in total. The van der Waals surface area contributed by atoms with Crippen LogP contribution in [0.3, 0.4) is 0 Å². The molecule has 1 heterocycles. The maximum absolute atomic E-state index is 12.7. The lowest BCUT2D eigenvalue weighted by Crippen LogP contribution is -2.48. The van der Waals surface area contributed by atoms with E-state index in [-0.39, 0.29) is 17.9 Å². The Morgan fingerprint density at radius 1 is 1.07 bits per heavy atom. The van der Waals surface area contributed by atoms with Crippen molar-refractivity contribution in [2.45, 2.75) is 51.6 Å². The van der Waals surface area contributed by atoms with E-state index in [0.29, 0.717) is 17.3 Å². The Bertz CT molecular complexity index is 804. The van der Waals surface area contributed by atoms with E-state index in [1.165, 1.54) is 0 Å². The van der Waals surface area contributed by atoms with E-state index in [1.54, 1.807) is 12.1 Å². The molecule has 1 fully saturated rings. The highest BCUT2D eigenvalue weighted by Crippen LogP contribution is 2.21. The monoisotopic (exact) mass is 365 g/mol. The molecule has 0 spiro atoms. The molecule has 5 nitrogen and oxygen atoms in total. The molecular formula is C22H27N3O2. The highest BCUT2D eigenvalue weighted by Gasteiger charge is 2.25. The Balaban J connectivity index is 1.69. The third kappa shape index (κ3) is 4.95. The van der Waals surface area contributed by atoms with Crippen LogP contribution in [0.5, 0.6) is 0 Å². The van der Waals surface area contributed by atoms with Crippen molar-refractivity contribution in [1.29, 1.82) is 0 Å². The topological polar surface area (TPSA) is 70.2 Å². The number of rotatable bonds is 5. The number of amides is 2. The SMILES string of the molecule is CCC1CCCC(C(=O)Nc2cc(C(=O)Nc3ccccc3)ccc2C)N1. The molecule has 0 aromatic heterocycles. The molecule has 142 valence electrons. The van der Waals surface area contributed by atoms with Crippen LogP contribution in [0.25, 0.3) is 0 Å². The Labute approximate surface area is 160 Å². The van der Waals surface area contributed by atoms with Gasteiger partial charge in [0, 0.05) is 23.0 Å². The zero-order valence-electron chi connectivity index (χ0n) is 15.9. The van der Waals surface area contributed by atoms with Gasteiger partial charge in [-0.2, -0.15) is 0 Å². The van der Waals surface area contributed by atoms with Crippen molar-refractivity contribution in [2.24, 2.45) is 0 Å². The summed E-state index contributed by atoms with van der Waals surface area (Å²) in [6.45, 7) is 4.06. The van der Waals surface area contributed by atoms with E-state index < -0.39 is 0 Å². The standard InChI is InChI=1S/C22H27N3O2/c1-3-17-10-7-11-19(23-17)22(27)25-20-14-16(13-12-15(20)2)21(26)24-18-8-5-4-6-9-18/h4-6,8-9,12-14,17,19,23H,3,7,10-11H2,1-2H3,(H,24,26)(H,25,27). The van der Waals surface area contributed by atoms with Crippen molar-refractivity contribution in [1.82, 2.24) is 5.32 Å². The summed E-state index contributed by atoms with van der Waals surface area (Å²) in [5, 5.41) is 9.29. The molecule has 2 aromatic rings. The second-order valence-corrected chi connectivity index (χ2v) is 7.09. The molecule has 2 amide bonds. The molecule has 0 aliphatic carbocycles. The first kappa shape index (κ1) is 19.1. The van der Waals surface area contributed by atoms with Crippen LogP contribution in [-0.2, 0) is 4.79 Å². The van der Waals surface area contributed by atoms with E-state index in [1.807, 2.05) is 43.3 Å². The average molecular weight is 365 g/mol. The van der Waals surface area contributed by atoms with Gasteiger partial charge in [0.05, 0.1) is 6.04 Å². The van der Waals surface area contributed by atoms with E-state index in [9.17, 15) is 9.59 Å². The van der Waals surface area contributed by atoms with Gasteiger partial charge in [0.1, 0.15) is 0 Å². The number of anilines is 2. The van der Waals surface area contributed by atoms with Gasteiger partial charge in [-0.15, -0.1) is 0 Å². The van der Waals surface area contributed by atoms with Crippen LogP contribution >= 0.6 is 0 Å². The lowest BCUT2D eigenvalue weighted by Gasteiger charge is -2.29. The molecule has 0 bridgehead atoms. The van der Waals surface area contributed by atoms with Gasteiger partial charge in [-0.3, -0.25) is 9.59 Å². The van der Waals surface area contributed by atoms with Crippen LogP contribution < -0.4 is 16.0 Å². The Hall–Kier alpha value is -2.66. The first-order chi connectivity index (χ1) is 13.1. The molecule has 5 heteroatoms. The summed E-state index contributed by atoms with van der Waals surface area (Å²) in [5.41, 5.74) is 2.87. The third-order valence-electron chi connectivity index (χ3n) is 5.08. The quantitative estimate of drug-likeness (QED) is 0.747. The minimum atomic E-state index is -0.196. The van der Waals surface area contributed by atoms with Crippen molar-refractivity contribution in [3.63, 3.8) is 0 Å². The average Bonchev–Trinajstić information content (AvgIpc) is 2.70. The Kier molecular flexibility index (Phi) is 6.24. The Morgan fingerprint density at radius 3 is 2.59 bits per heavy atom. The van der Waals surface area contributed by atoms with Crippen molar-refractivity contribution in [3.05, 3.63) is 59.7 Å². The number of hydrogen-bond acceptors (Lipinski definition) is 3. The van der Waals surface area contributed by atoms with Gasteiger partial charge < -0.3 is 16.0 Å². The summed E-state index contributed by atoms with van der Waals surface area (Å²) in [6, 6.07) is 14.9. The largest absolute Gasteiger partial charge is 0.324 e. The fourth-order valence-electron chi connectivity index (χ4n) is 3.39. The van der Waals surface area contributed by atoms with Crippen molar-refractivity contribution in [3.8, 4) is 0 Å². The molecule has 3 rings (SSSR count). The zero-order valence-corrected chi connectivity index (χ0v) is 15.9. The van der Waals surface area contributed by atoms with Gasteiger partial charge in [0.2, 0.25) is 5.91 Å². The fourth-order valence-corrected chi connectivity index (χ4v) is 3.39. The number of benzene rings is 2. The Morgan fingerprint density at radius 2 is 1.85 bits per heavy atom. The van der Waals surface area contributed by atoms with Crippen molar-refractivity contribution in [2.75, 3.05) is 10.6 Å². The molecular weight excluding hydrogens is 338 g/mol. The molecule has 0 radical (unpaired) electrons. The van der Waals surface area contributed by atoms with Crippen LogP contribution in [0.15, 0.2) is 48.5 Å². The van der Waals surface area contributed by atoms with Gasteiger partial charge in [0.25, 0.3) is 5.91 Å². The lowest BCUT2D eigenvalue weighted by atomic mass is 9.96. The summed E-state index contributed by atoms with van der Waals surface area (Å²) in [4.78, 5) is 25.2. The van der Waals surface area contributed by atoms with Crippen LogP contribution in [0.1, 0.15) is 48.5 Å². The molecule has 1 saturated heterocycles. The first-order valence-corrected chi connectivity index (χ1v) is 9.60. The predicted octanol–water partition coefficient (Wildman–Crippen LogP) is 4.11. The summed E-state index contributed by atoms with van der Waals surface area (Å²) in [7, 11) is 0. The number of carbonyl (C=O) groups is 2. The summed E-state index contributed by atoms with van der Waals surface area (Å²) < 4.78 is 0. The van der Waals surface area contributed by atoms with Crippen LogP contribution in [0.4, 0.5) is 11.4 Å². The second-order valence-electron chi connectivity index (χ2n) is 7.09. The third-order valence-corrected chi connectivity index (χ3v) is 5.08. The smallest absolute Gasteiger partial charge is 0.255 e. The molecule has 1 aliphatic rings. The summed E-state index contributed by atoms with van der Waals surface area (Å²) >= 11 is 0. The van der Waals surface area contributed by atoms with Gasteiger partial charge >= 0.3 is 0 Å². The molecule has 27 heavy (non-hydrogen) atoms. The molecule has 0 saturated carbocycles. The minimum absolute atomic E-state index is 0.0307.